The number of ether oxygens (including phenoxy) is 3. The molecule has 0 spiro atoms. The third-order valence-electron chi connectivity index (χ3n) is 6.86. The highest BCUT2D eigenvalue weighted by Crippen LogP contribution is 2.32. The molecule has 0 radical (unpaired) electrons. The summed E-state index contributed by atoms with van der Waals surface area (Å²) in [7, 11) is -0.385. The van der Waals surface area contributed by atoms with Crippen molar-refractivity contribution >= 4 is 10.0 Å². The highest BCUT2D eigenvalue weighted by Gasteiger charge is 2.37. The Morgan fingerprint density at radius 3 is 1.89 bits per heavy atom. The Labute approximate surface area is 210 Å². The van der Waals surface area contributed by atoms with Crippen LogP contribution >= 0.6 is 0 Å². The summed E-state index contributed by atoms with van der Waals surface area (Å²) in [5.74, 6) is 1.81. The molecule has 0 amide bonds. The van der Waals surface area contributed by atoms with Crippen LogP contribution in [0.2, 0.25) is 0 Å². The number of hydrogen-bond acceptors (Lipinski definition) is 5. The molecule has 192 valence electrons. The van der Waals surface area contributed by atoms with Crippen LogP contribution in [0.5, 0.6) is 11.5 Å². The summed E-state index contributed by atoms with van der Waals surface area (Å²) >= 11 is 0. The number of benzene rings is 2. The monoisotopic (exact) mass is 501 g/mol. The third-order valence-corrected chi connectivity index (χ3v) is 9.26. The summed E-state index contributed by atoms with van der Waals surface area (Å²) < 4.78 is 46.3. The number of rotatable bonds is 13. The second-order valence-electron chi connectivity index (χ2n) is 9.34. The van der Waals surface area contributed by atoms with Crippen molar-refractivity contribution in [1.82, 2.24) is 4.31 Å². The third kappa shape index (κ3) is 7.56. The molecule has 2 aromatic rings. The standard InChI is InChI=1S/C28H39NO5S/c1-5-6-22(2)28(19-23-15-17-34-18-16-23)35(30,31)29(20-24-7-11-26(32-3)12-8-24)21-25-9-13-27(33-4)14-10-25/h5,7-14,22-23,28H,1,6,15-21H2,2-4H3/t22-,28?/m0/s1. The molecule has 0 bridgehead atoms. The molecule has 1 heterocycles. The van der Waals surface area contributed by atoms with Gasteiger partial charge in [-0.1, -0.05) is 37.3 Å². The van der Waals surface area contributed by atoms with Crippen molar-refractivity contribution in [3.63, 3.8) is 0 Å². The van der Waals surface area contributed by atoms with E-state index in [2.05, 4.69) is 6.58 Å². The van der Waals surface area contributed by atoms with E-state index in [1.54, 1.807) is 18.5 Å². The van der Waals surface area contributed by atoms with Gasteiger partial charge in [-0.3, -0.25) is 0 Å². The molecule has 6 nitrogen and oxygen atoms in total. The highest BCUT2D eigenvalue weighted by molar-refractivity contribution is 7.89. The minimum Gasteiger partial charge on any atom is -0.497 e. The van der Waals surface area contributed by atoms with Gasteiger partial charge in [0.2, 0.25) is 10.0 Å². The van der Waals surface area contributed by atoms with Crippen LogP contribution in [-0.2, 0) is 27.8 Å². The molecule has 0 aliphatic carbocycles. The quantitative estimate of drug-likeness (QED) is 0.342. The Balaban J connectivity index is 1.93. The molecule has 0 aromatic heterocycles. The largest absolute Gasteiger partial charge is 0.497 e. The topological polar surface area (TPSA) is 65.1 Å². The molecule has 1 aliphatic rings. The number of sulfonamides is 1. The Kier molecular flexibility index (Phi) is 10.2. The molecular weight excluding hydrogens is 462 g/mol. The summed E-state index contributed by atoms with van der Waals surface area (Å²) in [6.45, 7) is 7.90. The van der Waals surface area contributed by atoms with Gasteiger partial charge >= 0.3 is 0 Å². The normalized spacial score (nSPS) is 16.6. The van der Waals surface area contributed by atoms with Gasteiger partial charge in [-0.25, -0.2) is 8.42 Å². The summed E-state index contributed by atoms with van der Waals surface area (Å²) in [6.07, 6.45) is 4.94. The molecule has 1 aliphatic heterocycles. The summed E-state index contributed by atoms with van der Waals surface area (Å²) in [5, 5.41) is -0.486. The van der Waals surface area contributed by atoms with Crippen molar-refractivity contribution in [1.29, 1.82) is 0 Å². The van der Waals surface area contributed by atoms with Crippen LogP contribution in [0.3, 0.4) is 0 Å². The van der Waals surface area contributed by atoms with Gasteiger partial charge in [-0.2, -0.15) is 4.31 Å². The van der Waals surface area contributed by atoms with Gasteiger partial charge in [0.25, 0.3) is 0 Å². The van der Waals surface area contributed by atoms with Gasteiger partial charge in [0.05, 0.1) is 19.5 Å². The van der Waals surface area contributed by atoms with Crippen molar-refractivity contribution in [2.75, 3.05) is 27.4 Å². The van der Waals surface area contributed by atoms with E-state index in [0.717, 1.165) is 35.5 Å². The second kappa shape index (κ2) is 13.1. The average molecular weight is 502 g/mol. The first-order valence-corrected chi connectivity index (χ1v) is 13.8. The smallest absolute Gasteiger partial charge is 0.217 e. The zero-order valence-electron chi connectivity index (χ0n) is 21.2. The number of methoxy groups -OCH3 is 2. The maximum Gasteiger partial charge on any atom is 0.217 e. The van der Waals surface area contributed by atoms with E-state index in [1.807, 2.05) is 61.5 Å². The van der Waals surface area contributed by atoms with Gasteiger partial charge in [0.1, 0.15) is 11.5 Å². The van der Waals surface area contributed by atoms with Crippen molar-refractivity contribution in [3.8, 4) is 11.5 Å². The van der Waals surface area contributed by atoms with Gasteiger partial charge in [-0.15, -0.1) is 6.58 Å². The number of hydrogen-bond donors (Lipinski definition) is 0. The SMILES string of the molecule is C=CC[C@H](C)C(CC1CCOCC1)S(=O)(=O)N(Cc1ccc(OC)cc1)Cc1ccc(OC)cc1. The first-order valence-electron chi connectivity index (χ1n) is 12.3. The molecule has 2 aromatic carbocycles. The van der Waals surface area contributed by atoms with Crippen LogP contribution in [0, 0.1) is 11.8 Å². The van der Waals surface area contributed by atoms with Gasteiger partial charge in [0, 0.05) is 26.3 Å². The van der Waals surface area contributed by atoms with Crippen molar-refractivity contribution < 1.29 is 22.6 Å². The highest BCUT2D eigenvalue weighted by atomic mass is 32.2. The van der Waals surface area contributed by atoms with Crippen LogP contribution < -0.4 is 9.47 Å². The minimum absolute atomic E-state index is 0.0328. The van der Waals surface area contributed by atoms with E-state index in [1.165, 1.54) is 0 Å². The maximum atomic E-state index is 14.3. The molecule has 0 saturated carbocycles. The van der Waals surface area contributed by atoms with Crippen molar-refractivity contribution in [2.24, 2.45) is 11.8 Å². The predicted molar refractivity (Wildman–Crippen MR) is 140 cm³/mol. The molecule has 35 heavy (non-hydrogen) atoms. The second-order valence-corrected chi connectivity index (χ2v) is 11.5. The summed E-state index contributed by atoms with van der Waals surface area (Å²) in [4.78, 5) is 0. The fraction of sp³-hybridized carbons (Fsp3) is 0.500. The number of nitrogens with zero attached hydrogens (tertiary/aromatic N) is 1. The summed E-state index contributed by atoms with van der Waals surface area (Å²) in [5.41, 5.74) is 1.84. The molecule has 7 heteroatoms. The molecule has 2 atom stereocenters. The van der Waals surface area contributed by atoms with Gasteiger partial charge in [0.15, 0.2) is 0 Å². The fourth-order valence-corrected chi connectivity index (χ4v) is 6.92. The lowest BCUT2D eigenvalue weighted by molar-refractivity contribution is 0.0622. The maximum absolute atomic E-state index is 14.3. The summed E-state index contributed by atoms with van der Waals surface area (Å²) in [6, 6.07) is 15.2. The van der Waals surface area contributed by atoms with Crippen molar-refractivity contribution in [3.05, 3.63) is 72.3 Å². The molecule has 1 fully saturated rings. The van der Waals surface area contributed by atoms with Crippen LogP contribution in [0.1, 0.15) is 43.7 Å². The lowest BCUT2D eigenvalue weighted by Gasteiger charge is -2.34. The van der Waals surface area contributed by atoms with Crippen LogP contribution in [0.15, 0.2) is 61.2 Å². The number of allylic oxidation sites excluding steroid dienone is 1. The Morgan fingerprint density at radius 1 is 0.971 bits per heavy atom. The molecular formula is C28H39NO5S. The molecule has 0 N–H and O–H groups in total. The Bertz CT molecular complexity index is 965. The molecule has 3 rings (SSSR count). The first kappa shape index (κ1) is 27.2. The molecule has 1 saturated heterocycles. The van der Waals surface area contributed by atoms with E-state index >= 15 is 0 Å². The van der Waals surface area contributed by atoms with Crippen LogP contribution in [-0.4, -0.2) is 45.4 Å². The zero-order chi connectivity index (χ0) is 25.3. The lowest BCUT2D eigenvalue weighted by Crippen LogP contribution is -2.42. The first-order chi connectivity index (χ1) is 16.9. The van der Waals surface area contributed by atoms with E-state index < -0.39 is 15.3 Å². The van der Waals surface area contributed by atoms with E-state index in [4.69, 9.17) is 14.2 Å². The van der Waals surface area contributed by atoms with Crippen LogP contribution in [0.25, 0.3) is 0 Å². The Hall–Kier alpha value is -2.35. The molecule has 1 unspecified atom stereocenters. The Morgan fingerprint density at radius 2 is 1.46 bits per heavy atom. The van der Waals surface area contributed by atoms with Gasteiger partial charge < -0.3 is 14.2 Å². The van der Waals surface area contributed by atoms with E-state index in [-0.39, 0.29) is 5.92 Å². The fourth-order valence-electron chi connectivity index (χ4n) is 4.67. The van der Waals surface area contributed by atoms with Crippen LogP contribution in [0.4, 0.5) is 0 Å². The van der Waals surface area contributed by atoms with Gasteiger partial charge in [-0.05, 0) is 72.9 Å². The predicted octanol–water partition coefficient (Wildman–Crippen LogP) is 5.43. The van der Waals surface area contributed by atoms with Crippen molar-refractivity contribution in [2.45, 2.75) is 50.9 Å². The average Bonchev–Trinajstić information content (AvgIpc) is 2.88. The van der Waals surface area contributed by atoms with E-state index in [9.17, 15) is 8.42 Å². The van der Waals surface area contributed by atoms with E-state index in [0.29, 0.717) is 45.1 Å². The minimum atomic E-state index is -3.63. The zero-order valence-corrected chi connectivity index (χ0v) is 22.0. The lowest BCUT2D eigenvalue weighted by atomic mass is 9.89.